The van der Waals surface area contributed by atoms with Crippen LogP contribution in [0.25, 0.3) is 0 Å². The van der Waals surface area contributed by atoms with Gasteiger partial charge < -0.3 is 9.64 Å². The standard InChI is InChI=1S/C20H25NO2/c1-14-10-16(3)17(4)19(11-14)23-13-20(22)21(5)12-18-9-7-6-8-15(18)2/h6-11H,12-13H2,1-5H3. The van der Waals surface area contributed by atoms with Crippen LogP contribution in [0.5, 0.6) is 5.75 Å². The fourth-order valence-electron chi connectivity index (χ4n) is 2.53. The minimum absolute atomic E-state index is 0.0215. The van der Waals surface area contributed by atoms with Crippen LogP contribution in [0, 0.1) is 27.7 Å². The maximum absolute atomic E-state index is 12.3. The lowest BCUT2D eigenvalue weighted by atomic mass is 10.1. The summed E-state index contributed by atoms with van der Waals surface area (Å²) in [7, 11) is 1.81. The van der Waals surface area contributed by atoms with Crippen molar-refractivity contribution in [2.75, 3.05) is 13.7 Å². The molecule has 0 spiro atoms. The van der Waals surface area contributed by atoms with E-state index in [0.29, 0.717) is 6.54 Å². The van der Waals surface area contributed by atoms with Gasteiger partial charge in [0.05, 0.1) is 0 Å². The Kier molecular flexibility index (Phi) is 5.43. The van der Waals surface area contributed by atoms with Crippen molar-refractivity contribution in [2.24, 2.45) is 0 Å². The average molecular weight is 311 g/mol. The number of rotatable bonds is 5. The molecule has 0 unspecified atom stereocenters. The van der Waals surface area contributed by atoms with Crippen LogP contribution in [0.15, 0.2) is 36.4 Å². The summed E-state index contributed by atoms with van der Waals surface area (Å²) >= 11 is 0. The molecule has 0 saturated carbocycles. The van der Waals surface area contributed by atoms with Crippen molar-refractivity contribution in [3.05, 3.63) is 64.2 Å². The second-order valence-corrected chi connectivity index (χ2v) is 6.17. The number of aryl methyl sites for hydroxylation is 3. The average Bonchev–Trinajstić information content (AvgIpc) is 2.51. The molecule has 0 saturated heterocycles. The van der Waals surface area contributed by atoms with Gasteiger partial charge in [-0.15, -0.1) is 0 Å². The smallest absolute Gasteiger partial charge is 0.260 e. The van der Waals surface area contributed by atoms with E-state index in [1.54, 1.807) is 4.90 Å². The largest absolute Gasteiger partial charge is 0.483 e. The molecule has 0 atom stereocenters. The van der Waals surface area contributed by atoms with E-state index in [1.165, 1.54) is 11.1 Å². The highest BCUT2D eigenvalue weighted by molar-refractivity contribution is 5.77. The minimum atomic E-state index is -0.0215. The van der Waals surface area contributed by atoms with Crippen LogP contribution in [0.3, 0.4) is 0 Å². The topological polar surface area (TPSA) is 29.5 Å². The third kappa shape index (κ3) is 4.35. The van der Waals surface area contributed by atoms with Crippen LogP contribution in [-0.4, -0.2) is 24.5 Å². The summed E-state index contributed by atoms with van der Waals surface area (Å²) < 4.78 is 5.76. The lowest BCUT2D eigenvalue weighted by Gasteiger charge is -2.19. The van der Waals surface area contributed by atoms with E-state index in [1.807, 2.05) is 45.2 Å². The first-order valence-electron chi connectivity index (χ1n) is 7.87. The number of hydrogen-bond acceptors (Lipinski definition) is 2. The fourth-order valence-corrected chi connectivity index (χ4v) is 2.53. The minimum Gasteiger partial charge on any atom is -0.483 e. The van der Waals surface area contributed by atoms with Crippen LogP contribution in [-0.2, 0) is 11.3 Å². The SMILES string of the molecule is Cc1cc(C)c(C)c(OCC(=O)N(C)Cc2ccccc2C)c1. The Morgan fingerprint density at radius 2 is 1.74 bits per heavy atom. The maximum Gasteiger partial charge on any atom is 0.260 e. The van der Waals surface area contributed by atoms with E-state index in [0.717, 1.165) is 22.4 Å². The second kappa shape index (κ2) is 7.32. The van der Waals surface area contributed by atoms with Gasteiger partial charge in [0, 0.05) is 13.6 Å². The van der Waals surface area contributed by atoms with Crippen molar-refractivity contribution in [1.82, 2.24) is 4.90 Å². The Balaban J connectivity index is 1.98. The summed E-state index contributed by atoms with van der Waals surface area (Å²) in [4.78, 5) is 14.0. The van der Waals surface area contributed by atoms with Crippen molar-refractivity contribution in [3.63, 3.8) is 0 Å². The van der Waals surface area contributed by atoms with Gasteiger partial charge in [0.2, 0.25) is 0 Å². The Morgan fingerprint density at radius 1 is 1.04 bits per heavy atom. The van der Waals surface area contributed by atoms with E-state index in [2.05, 4.69) is 26.0 Å². The van der Waals surface area contributed by atoms with Gasteiger partial charge >= 0.3 is 0 Å². The molecule has 0 radical (unpaired) electrons. The molecular weight excluding hydrogens is 286 g/mol. The number of carbonyl (C=O) groups is 1. The number of amides is 1. The molecule has 2 aromatic carbocycles. The normalized spacial score (nSPS) is 10.5. The molecule has 0 aliphatic heterocycles. The van der Waals surface area contributed by atoms with Gasteiger partial charge in [-0.25, -0.2) is 0 Å². The molecule has 2 rings (SSSR count). The van der Waals surface area contributed by atoms with E-state index < -0.39 is 0 Å². The summed E-state index contributed by atoms with van der Waals surface area (Å²) in [6.45, 7) is 8.83. The highest BCUT2D eigenvalue weighted by atomic mass is 16.5. The van der Waals surface area contributed by atoms with Gasteiger partial charge in [-0.2, -0.15) is 0 Å². The Morgan fingerprint density at radius 3 is 2.43 bits per heavy atom. The summed E-state index contributed by atoms with van der Waals surface area (Å²) in [6, 6.07) is 12.2. The summed E-state index contributed by atoms with van der Waals surface area (Å²) in [6.07, 6.45) is 0. The van der Waals surface area contributed by atoms with Crippen LogP contribution < -0.4 is 4.74 Å². The molecule has 0 aliphatic rings. The van der Waals surface area contributed by atoms with E-state index >= 15 is 0 Å². The molecule has 1 amide bonds. The van der Waals surface area contributed by atoms with Crippen molar-refractivity contribution < 1.29 is 9.53 Å². The Labute approximate surface area is 138 Å². The first kappa shape index (κ1) is 17.1. The third-order valence-corrected chi connectivity index (χ3v) is 4.21. The van der Waals surface area contributed by atoms with Gasteiger partial charge in [-0.3, -0.25) is 4.79 Å². The van der Waals surface area contributed by atoms with Gasteiger partial charge in [0.25, 0.3) is 5.91 Å². The lowest BCUT2D eigenvalue weighted by Crippen LogP contribution is -2.31. The molecule has 0 heterocycles. The van der Waals surface area contributed by atoms with Crippen molar-refractivity contribution in [3.8, 4) is 5.75 Å². The zero-order chi connectivity index (χ0) is 17.0. The molecule has 0 N–H and O–H groups in total. The molecule has 122 valence electrons. The number of carbonyl (C=O) groups excluding carboxylic acids is 1. The van der Waals surface area contributed by atoms with Gasteiger partial charge in [0.15, 0.2) is 6.61 Å². The molecular formula is C20H25NO2. The van der Waals surface area contributed by atoms with Crippen molar-refractivity contribution in [1.29, 1.82) is 0 Å². The maximum atomic E-state index is 12.3. The van der Waals surface area contributed by atoms with Gasteiger partial charge in [-0.1, -0.05) is 30.3 Å². The summed E-state index contributed by atoms with van der Waals surface area (Å²) in [5.74, 6) is 0.770. The molecule has 0 fully saturated rings. The van der Waals surface area contributed by atoms with E-state index in [-0.39, 0.29) is 12.5 Å². The van der Waals surface area contributed by atoms with Crippen molar-refractivity contribution in [2.45, 2.75) is 34.2 Å². The molecule has 0 bridgehead atoms. The zero-order valence-electron chi connectivity index (χ0n) is 14.6. The summed E-state index contributed by atoms with van der Waals surface area (Å²) in [5.41, 5.74) is 5.76. The summed E-state index contributed by atoms with van der Waals surface area (Å²) in [5, 5.41) is 0. The fraction of sp³-hybridized carbons (Fsp3) is 0.350. The zero-order valence-corrected chi connectivity index (χ0v) is 14.6. The number of hydrogen-bond donors (Lipinski definition) is 0. The molecule has 0 aromatic heterocycles. The number of benzene rings is 2. The lowest BCUT2D eigenvalue weighted by molar-refractivity contribution is -0.132. The quantitative estimate of drug-likeness (QED) is 0.836. The van der Waals surface area contributed by atoms with Gasteiger partial charge in [-0.05, 0) is 61.6 Å². The Bertz CT molecular complexity index is 707. The molecule has 3 nitrogen and oxygen atoms in total. The second-order valence-electron chi connectivity index (χ2n) is 6.17. The van der Waals surface area contributed by atoms with Crippen LogP contribution in [0.2, 0.25) is 0 Å². The predicted molar refractivity (Wildman–Crippen MR) is 93.8 cm³/mol. The number of nitrogens with zero attached hydrogens (tertiary/aromatic N) is 1. The van der Waals surface area contributed by atoms with Crippen molar-refractivity contribution >= 4 is 5.91 Å². The monoisotopic (exact) mass is 311 g/mol. The van der Waals surface area contributed by atoms with Crippen LogP contribution >= 0.6 is 0 Å². The highest BCUT2D eigenvalue weighted by Gasteiger charge is 2.12. The Hall–Kier alpha value is -2.29. The van der Waals surface area contributed by atoms with E-state index in [4.69, 9.17) is 4.74 Å². The molecule has 3 heteroatoms. The molecule has 0 aliphatic carbocycles. The number of ether oxygens (including phenoxy) is 1. The van der Waals surface area contributed by atoms with Crippen LogP contribution in [0.4, 0.5) is 0 Å². The third-order valence-electron chi connectivity index (χ3n) is 4.21. The molecule has 23 heavy (non-hydrogen) atoms. The predicted octanol–water partition coefficient (Wildman–Crippen LogP) is 3.96. The first-order chi connectivity index (χ1) is 10.9. The highest BCUT2D eigenvalue weighted by Crippen LogP contribution is 2.23. The van der Waals surface area contributed by atoms with Gasteiger partial charge in [0.1, 0.15) is 5.75 Å². The molecule has 2 aromatic rings. The van der Waals surface area contributed by atoms with Crippen LogP contribution in [0.1, 0.15) is 27.8 Å². The number of likely N-dealkylation sites (N-methyl/N-ethyl adjacent to an activating group) is 1. The first-order valence-corrected chi connectivity index (χ1v) is 7.87. The van der Waals surface area contributed by atoms with E-state index in [9.17, 15) is 4.79 Å².